The van der Waals surface area contributed by atoms with Crippen molar-refractivity contribution in [3.63, 3.8) is 0 Å². The van der Waals surface area contributed by atoms with E-state index in [1.54, 1.807) is 12.5 Å². The van der Waals surface area contributed by atoms with Crippen LogP contribution in [-0.4, -0.2) is 65.5 Å². The smallest absolute Gasteiger partial charge is 0.134 e. The van der Waals surface area contributed by atoms with E-state index >= 15 is 0 Å². The number of nitrogens with one attached hydrogen (secondary N) is 1. The van der Waals surface area contributed by atoms with Gasteiger partial charge in [0.15, 0.2) is 0 Å². The van der Waals surface area contributed by atoms with Crippen LogP contribution >= 0.6 is 0 Å². The fourth-order valence-electron chi connectivity index (χ4n) is 3.60. The number of pyridine rings is 1. The Bertz CT molecular complexity index is 735. The number of anilines is 3. The number of aliphatic hydroxyl groups is 1. The topological polar surface area (TPSA) is 86.6 Å². The highest BCUT2D eigenvalue weighted by Gasteiger charge is 2.22. The van der Waals surface area contributed by atoms with Crippen molar-refractivity contribution in [3.05, 3.63) is 36.3 Å². The monoisotopic (exact) mass is 370 g/mol. The second kappa shape index (κ2) is 8.49. The average molecular weight is 370 g/mol. The first-order chi connectivity index (χ1) is 13.3. The van der Waals surface area contributed by atoms with Crippen molar-refractivity contribution in [2.75, 3.05) is 54.5 Å². The molecule has 0 spiro atoms. The van der Waals surface area contributed by atoms with Gasteiger partial charge in [-0.1, -0.05) is 6.07 Å². The number of piperidine rings is 1. The number of aliphatic hydroxyl groups excluding tert-OH is 1. The van der Waals surface area contributed by atoms with Gasteiger partial charge in [-0.3, -0.25) is 0 Å². The van der Waals surface area contributed by atoms with Crippen LogP contribution in [0.3, 0.4) is 0 Å². The molecule has 0 amide bonds. The molecule has 4 rings (SSSR count). The van der Waals surface area contributed by atoms with E-state index < -0.39 is 0 Å². The van der Waals surface area contributed by atoms with E-state index in [0.29, 0.717) is 6.04 Å². The molecule has 4 heterocycles. The molecule has 0 aromatic carbocycles. The van der Waals surface area contributed by atoms with Gasteiger partial charge in [-0.25, -0.2) is 15.0 Å². The van der Waals surface area contributed by atoms with Crippen molar-refractivity contribution < 1.29 is 9.84 Å². The van der Waals surface area contributed by atoms with Crippen molar-refractivity contribution >= 4 is 17.5 Å². The van der Waals surface area contributed by atoms with Crippen LogP contribution in [0, 0.1) is 0 Å². The first-order valence-corrected chi connectivity index (χ1v) is 9.54. The molecule has 0 radical (unpaired) electrons. The van der Waals surface area contributed by atoms with Crippen molar-refractivity contribution in [3.8, 4) is 0 Å². The maximum atomic E-state index is 9.18. The zero-order chi connectivity index (χ0) is 18.5. The number of rotatable bonds is 5. The largest absolute Gasteiger partial charge is 0.392 e. The van der Waals surface area contributed by atoms with Gasteiger partial charge in [0, 0.05) is 44.5 Å². The van der Waals surface area contributed by atoms with Crippen molar-refractivity contribution in [1.82, 2.24) is 15.0 Å². The molecular weight excluding hydrogens is 344 g/mol. The van der Waals surface area contributed by atoms with Crippen LogP contribution in [-0.2, 0) is 11.3 Å². The Balaban J connectivity index is 1.40. The molecule has 1 atom stereocenters. The molecule has 8 heteroatoms. The number of nitrogens with zero attached hydrogens (tertiary/aromatic N) is 5. The number of hydrogen-bond donors (Lipinski definition) is 2. The first-order valence-electron chi connectivity index (χ1n) is 9.54. The molecule has 27 heavy (non-hydrogen) atoms. The molecule has 2 aliphatic heterocycles. The average Bonchev–Trinajstić information content (AvgIpc) is 2.75. The molecular formula is C19H26N6O2. The summed E-state index contributed by atoms with van der Waals surface area (Å²) in [5.41, 5.74) is 0.835. The van der Waals surface area contributed by atoms with Gasteiger partial charge < -0.3 is 25.0 Å². The number of morpholine rings is 1. The van der Waals surface area contributed by atoms with Gasteiger partial charge in [-0.2, -0.15) is 0 Å². The lowest BCUT2D eigenvalue weighted by molar-refractivity contribution is 0.122. The highest BCUT2D eigenvalue weighted by Crippen LogP contribution is 2.22. The molecule has 144 valence electrons. The molecule has 0 unspecified atom stereocenters. The quantitative estimate of drug-likeness (QED) is 0.814. The summed E-state index contributed by atoms with van der Waals surface area (Å²) in [7, 11) is 0. The van der Waals surface area contributed by atoms with E-state index in [4.69, 9.17) is 4.74 Å². The van der Waals surface area contributed by atoms with E-state index in [9.17, 15) is 5.11 Å². The van der Waals surface area contributed by atoms with Gasteiger partial charge in [0.25, 0.3) is 0 Å². The summed E-state index contributed by atoms with van der Waals surface area (Å²) in [5, 5.41) is 12.7. The van der Waals surface area contributed by atoms with Gasteiger partial charge in [-0.15, -0.1) is 0 Å². The van der Waals surface area contributed by atoms with Crippen LogP contribution in [0.5, 0.6) is 0 Å². The highest BCUT2D eigenvalue weighted by molar-refractivity contribution is 5.50. The predicted molar refractivity (Wildman–Crippen MR) is 104 cm³/mol. The Morgan fingerprint density at radius 2 is 1.96 bits per heavy atom. The SMILES string of the molecule is OCc1ccc(N2CCC[C@@H](Nc3cc(N4CCOCC4)ncn3)C2)nc1. The fourth-order valence-corrected chi connectivity index (χ4v) is 3.60. The van der Waals surface area contributed by atoms with E-state index in [-0.39, 0.29) is 6.61 Å². The van der Waals surface area contributed by atoms with Crippen molar-refractivity contribution in [2.24, 2.45) is 0 Å². The van der Waals surface area contributed by atoms with Gasteiger partial charge in [0.05, 0.1) is 19.8 Å². The lowest BCUT2D eigenvalue weighted by Crippen LogP contribution is -2.42. The second-order valence-electron chi connectivity index (χ2n) is 6.97. The minimum atomic E-state index is 0.0245. The first kappa shape index (κ1) is 17.9. The Morgan fingerprint density at radius 1 is 1.07 bits per heavy atom. The van der Waals surface area contributed by atoms with Crippen LogP contribution in [0.25, 0.3) is 0 Å². The van der Waals surface area contributed by atoms with E-state index in [1.165, 1.54) is 0 Å². The summed E-state index contributed by atoms with van der Waals surface area (Å²) in [6.45, 7) is 5.11. The van der Waals surface area contributed by atoms with Gasteiger partial charge >= 0.3 is 0 Å². The molecule has 0 aliphatic carbocycles. The summed E-state index contributed by atoms with van der Waals surface area (Å²) in [6.07, 6.45) is 5.57. The molecule has 2 N–H and O–H groups in total. The molecule has 2 aliphatic rings. The summed E-state index contributed by atoms with van der Waals surface area (Å²) in [6, 6.07) is 6.25. The summed E-state index contributed by atoms with van der Waals surface area (Å²) < 4.78 is 5.42. The molecule has 2 saturated heterocycles. The Morgan fingerprint density at radius 3 is 2.74 bits per heavy atom. The maximum absolute atomic E-state index is 9.18. The van der Waals surface area contributed by atoms with E-state index in [1.807, 2.05) is 18.2 Å². The number of ether oxygens (including phenoxy) is 1. The van der Waals surface area contributed by atoms with E-state index in [0.717, 1.165) is 75.3 Å². The van der Waals surface area contributed by atoms with Gasteiger partial charge in [-0.05, 0) is 24.5 Å². The standard InChI is InChI=1S/C19H26N6O2/c26-13-15-3-4-18(20-11-15)25-5-1-2-16(12-25)23-17-10-19(22-14-21-17)24-6-8-27-9-7-24/h3-4,10-11,14,16,26H,1-2,5-9,12-13H2,(H,21,22,23)/t16-/m1/s1. The summed E-state index contributed by atoms with van der Waals surface area (Å²) in [4.78, 5) is 17.8. The third-order valence-electron chi connectivity index (χ3n) is 5.08. The molecule has 2 aromatic heterocycles. The number of aromatic nitrogens is 3. The van der Waals surface area contributed by atoms with Crippen LogP contribution < -0.4 is 15.1 Å². The fraction of sp³-hybridized carbons (Fsp3) is 0.526. The third-order valence-corrected chi connectivity index (χ3v) is 5.08. The summed E-state index contributed by atoms with van der Waals surface area (Å²) in [5.74, 6) is 2.77. The Kier molecular flexibility index (Phi) is 5.64. The Hall–Kier alpha value is -2.45. The number of hydrogen-bond acceptors (Lipinski definition) is 8. The lowest BCUT2D eigenvalue weighted by Gasteiger charge is -2.34. The highest BCUT2D eigenvalue weighted by atomic mass is 16.5. The molecule has 2 aromatic rings. The predicted octanol–water partition coefficient (Wildman–Crippen LogP) is 1.28. The van der Waals surface area contributed by atoms with Crippen LogP contribution in [0.1, 0.15) is 18.4 Å². The van der Waals surface area contributed by atoms with Crippen molar-refractivity contribution in [2.45, 2.75) is 25.5 Å². The molecule has 2 fully saturated rings. The molecule has 8 nitrogen and oxygen atoms in total. The van der Waals surface area contributed by atoms with Crippen LogP contribution in [0.15, 0.2) is 30.7 Å². The normalized spacial score (nSPS) is 20.6. The van der Waals surface area contributed by atoms with Crippen LogP contribution in [0.2, 0.25) is 0 Å². The molecule has 0 saturated carbocycles. The Labute approximate surface area is 159 Å². The zero-order valence-electron chi connectivity index (χ0n) is 15.4. The third kappa shape index (κ3) is 4.45. The minimum Gasteiger partial charge on any atom is -0.392 e. The van der Waals surface area contributed by atoms with Crippen LogP contribution in [0.4, 0.5) is 17.5 Å². The van der Waals surface area contributed by atoms with Gasteiger partial charge in [0.2, 0.25) is 0 Å². The van der Waals surface area contributed by atoms with Crippen molar-refractivity contribution in [1.29, 1.82) is 0 Å². The van der Waals surface area contributed by atoms with E-state index in [2.05, 4.69) is 30.1 Å². The second-order valence-corrected chi connectivity index (χ2v) is 6.97. The van der Waals surface area contributed by atoms with Gasteiger partial charge in [0.1, 0.15) is 23.8 Å². The lowest BCUT2D eigenvalue weighted by atomic mass is 10.1. The summed E-state index contributed by atoms with van der Waals surface area (Å²) >= 11 is 0. The molecule has 0 bridgehead atoms. The minimum absolute atomic E-state index is 0.0245. The zero-order valence-corrected chi connectivity index (χ0v) is 15.4. The maximum Gasteiger partial charge on any atom is 0.134 e.